The van der Waals surface area contributed by atoms with Gasteiger partial charge < -0.3 is 14.8 Å². The van der Waals surface area contributed by atoms with Crippen LogP contribution in [0.25, 0.3) is 0 Å². The summed E-state index contributed by atoms with van der Waals surface area (Å²) in [6, 6.07) is 16.8. The first kappa shape index (κ1) is 22.7. The van der Waals surface area contributed by atoms with Gasteiger partial charge in [0.05, 0.1) is 13.2 Å². The van der Waals surface area contributed by atoms with Gasteiger partial charge in [0, 0.05) is 16.1 Å². The molecule has 162 valence electrons. The average molecular weight is 438 g/mol. The molecule has 0 aliphatic heterocycles. The molecule has 31 heavy (non-hydrogen) atoms. The standard InChI is InChI=1S/C26H28ClNO3/c1-16-12-17(2)18(3)25(13-16)31-15-22-14-21(8-11-24(22)30-5)26(29)28-19(4)20-6-9-23(27)10-7-20/h6-14,19H,15H2,1-5H3,(H,28,29)/t19-/m1/s1. The summed E-state index contributed by atoms with van der Waals surface area (Å²) in [5, 5.41) is 3.70. The molecule has 3 aromatic carbocycles. The molecule has 0 fully saturated rings. The molecule has 5 heteroatoms. The van der Waals surface area contributed by atoms with E-state index in [1.807, 2.05) is 57.2 Å². The Labute approximate surface area is 189 Å². The monoisotopic (exact) mass is 437 g/mol. The van der Waals surface area contributed by atoms with E-state index in [2.05, 4.69) is 18.3 Å². The second-order valence-electron chi connectivity index (χ2n) is 7.77. The minimum Gasteiger partial charge on any atom is -0.496 e. The van der Waals surface area contributed by atoms with Crippen LogP contribution in [-0.4, -0.2) is 13.0 Å². The molecule has 0 saturated carbocycles. The van der Waals surface area contributed by atoms with E-state index in [0.29, 0.717) is 22.9 Å². The maximum Gasteiger partial charge on any atom is 0.251 e. The van der Waals surface area contributed by atoms with Crippen LogP contribution >= 0.6 is 11.6 Å². The summed E-state index contributed by atoms with van der Waals surface area (Å²) >= 11 is 5.95. The fraction of sp³-hybridized carbons (Fsp3) is 0.269. The number of aryl methyl sites for hydroxylation is 2. The summed E-state index contributed by atoms with van der Waals surface area (Å²) in [4.78, 5) is 12.8. The minimum absolute atomic E-state index is 0.149. The Kier molecular flexibility index (Phi) is 7.24. The zero-order valence-electron chi connectivity index (χ0n) is 18.6. The number of ether oxygens (including phenoxy) is 2. The van der Waals surface area contributed by atoms with Gasteiger partial charge in [0.25, 0.3) is 5.91 Å². The fourth-order valence-electron chi connectivity index (χ4n) is 3.45. The third kappa shape index (κ3) is 5.59. The Morgan fingerprint density at radius 2 is 1.71 bits per heavy atom. The number of rotatable bonds is 7. The third-order valence-electron chi connectivity index (χ3n) is 5.41. The summed E-state index contributed by atoms with van der Waals surface area (Å²) < 4.78 is 11.6. The van der Waals surface area contributed by atoms with Crippen LogP contribution in [0.1, 0.15) is 51.1 Å². The van der Waals surface area contributed by atoms with Crippen LogP contribution in [0, 0.1) is 20.8 Å². The van der Waals surface area contributed by atoms with Gasteiger partial charge in [0.1, 0.15) is 18.1 Å². The van der Waals surface area contributed by atoms with Crippen LogP contribution in [0.4, 0.5) is 0 Å². The van der Waals surface area contributed by atoms with Gasteiger partial charge in [0.2, 0.25) is 0 Å². The van der Waals surface area contributed by atoms with E-state index in [0.717, 1.165) is 28.0 Å². The highest BCUT2D eigenvalue weighted by Crippen LogP contribution is 2.27. The lowest BCUT2D eigenvalue weighted by Gasteiger charge is -2.17. The van der Waals surface area contributed by atoms with Crippen LogP contribution in [-0.2, 0) is 6.61 Å². The maximum atomic E-state index is 12.8. The van der Waals surface area contributed by atoms with Crippen LogP contribution in [0.2, 0.25) is 5.02 Å². The lowest BCUT2D eigenvalue weighted by atomic mass is 10.1. The molecule has 3 aromatic rings. The highest BCUT2D eigenvalue weighted by Gasteiger charge is 2.15. The Morgan fingerprint density at radius 3 is 2.39 bits per heavy atom. The van der Waals surface area contributed by atoms with Gasteiger partial charge in [-0.2, -0.15) is 0 Å². The lowest BCUT2D eigenvalue weighted by Crippen LogP contribution is -2.26. The number of methoxy groups -OCH3 is 1. The Morgan fingerprint density at radius 1 is 1.00 bits per heavy atom. The lowest BCUT2D eigenvalue weighted by molar-refractivity contribution is 0.0939. The van der Waals surface area contributed by atoms with Crippen LogP contribution in [0.15, 0.2) is 54.6 Å². The normalized spacial score (nSPS) is 11.7. The molecule has 0 unspecified atom stereocenters. The number of hydrogen-bond acceptors (Lipinski definition) is 3. The predicted molar refractivity (Wildman–Crippen MR) is 125 cm³/mol. The first-order chi connectivity index (χ1) is 14.8. The third-order valence-corrected chi connectivity index (χ3v) is 5.66. The molecule has 0 aromatic heterocycles. The Balaban J connectivity index is 1.76. The summed E-state index contributed by atoms with van der Waals surface area (Å²) in [7, 11) is 1.61. The summed E-state index contributed by atoms with van der Waals surface area (Å²) in [5.74, 6) is 1.36. The van der Waals surface area contributed by atoms with Crippen LogP contribution in [0.3, 0.4) is 0 Å². The smallest absolute Gasteiger partial charge is 0.251 e. The molecule has 0 radical (unpaired) electrons. The van der Waals surface area contributed by atoms with E-state index in [-0.39, 0.29) is 11.9 Å². The molecule has 0 saturated heterocycles. The van der Waals surface area contributed by atoms with Crippen molar-refractivity contribution in [2.75, 3.05) is 7.11 Å². The van der Waals surface area contributed by atoms with E-state index in [1.54, 1.807) is 19.2 Å². The largest absolute Gasteiger partial charge is 0.496 e. The number of carbonyl (C=O) groups excluding carboxylic acids is 1. The van der Waals surface area contributed by atoms with Crippen molar-refractivity contribution in [3.05, 3.63) is 93.0 Å². The number of halogens is 1. The van der Waals surface area contributed by atoms with E-state index < -0.39 is 0 Å². The molecular weight excluding hydrogens is 410 g/mol. The number of benzene rings is 3. The maximum absolute atomic E-state index is 12.8. The average Bonchev–Trinajstić information content (AvgIpc) is 2.75. The SMILES string of the molecule is COc1ccc(C(=O)N[C@H](C)c2ccc(Cl)cc2)cc1COc1cc(C)cc(C)c1C. The highest BCUT2D eigenvalue weighted by molar-refractivity contribution is 6.30. The van der Waals surface area contributed by atoms with Gasteiger partial charge in [-0.05, 0) is 86.3 Å². The van der Waals surface area contributed by atoms with Gasteiger partial charge in [-0.1, -0.05) is 29.8 Å². The first-order valence-electron chi connectivity index (χ1n) is 10.2. The van der Waals surface area contributed by atoms with E-state index in [9.17, 15) is 4.79 Å². The number of hydrogen-bond donors (Lipinski definition) is 1. The van der Waals surface area contributed by atoms with Crippen molar-refractivity contribution in [1.29, 1.82) is 0 Å². The quantitative estimate of drug-likeness (QED) is 0.468. The van der Waals surface area contributed by atoms with Crippen LogP contribution in [0.5, 0.6) is 11.5 Å². The molecule has 1 amide bonds. The zero-order chi connectivity index (χ0) is 22.5. The molecular formula is C26H28ClNO3. The van der Waals surface area contributed by atoms with E-state index >= 15 is 0 Å². The van der Waals surface area contributed by atoms with E-state index in [1.165, 1.54) is 5.56 Å². The molecule has 4 nitrogen and oxygen atoms in total. The van der Waals surface area contributed by atoms with Gasteiger partial charge in [-0.3, -0.25) is 4.79 Å². The molecule has 1 atom stereocenters. The molecule has 0 aliphatic carbocycles. The van der Waals surface area contributed by atoms with Crippen molar-refractivity contribution >= 4 is 17.5 Å². The number of carbonyl (C=O) groups is 1. The van der Waals surface area contributed by atoms with Crippen LogP contribution < -0.4 is 14.8 Å². The zero-order valence-corrected chi connectivity index (χ0v) is 19.3. The predicted octanol–water partition coefficient (Wildman–Crippen LogP) is 6.34. The number of amides is 1. The van der Waals surface area contributed by atoms with Gasteiger partial charge in [-0.15, -0.1) is 0 Å². The summed E-state index contributed by atoms with van der Waals surface area (Å²) in [5.41, 5.74) is 5.79. The Bertz CT molecular complexity index is 1080. The molecule has 0 aliphatic rings. The van der Waals surface area contributed by atoms with Crippen molar-refractivity contribution in [2.45, 2.75) is 40.3 Å². The van der Waals surface area contributed by atoms with Gasteiger partial charge in [-0.25, -0.2) is 0 Å². The second-order valence-corrected chi connectivity index (χ2v) is 8.20. The first-order valence-corrected chi connectivity index (χ1v) is 10.6. The second kappa shape index (κ2) is 9.88. The molecule has 0 heterocycles. The summed E-state index contributed by atoms with van der Waals surface area (Å²) in [6.07, 6.45) is 0. The van der Waals surface area contributed by atoms with Crippen molar-refractivity contribution in [1.82, 2.24) is 5.32 Å². The minimum atomic E-state index is -0.158. The van der Waals surface area contributed by atoms with E-state index in [4.69, 9.17) is 21.1 Å². The summed E-state index contributed by atoms with van der Waals surface area (Å²) in [6.45, 7) is 8.41. The molecule has 3 rings (SSSR count). The number of nitrogens with one attached hydrogen (secondary N) is 1. The van der Waals surface area contributed by atoms with Gasteiger partial charge in [0.15, 0.2) is 0 Å². The van der Waals surface area contributed by atoms with Gasteiger partial charge >= 0.3 is 0 Å². The molecule has 0 bridgehead atoms. The van der Waals surface area contributed by atoms with Crippen molar-refractivity contribution in [2.24, 2.45) is 0 Å². The van der Waals surface area contributed by atoms with Crippen molar-refractivity contribution in [3.8, 4) is 11.5 Å². The van der Waals surface area contributed by atoms with Crippen molar-refractivity contribution < 1.29 is 14.3 Å². The topological polar surface area (TPSA) is 47.6 Å². The molecule has 0 spiro atoms. The van der Waals surface area contributed by atoms with Crippen molar-refractivity contribution in [3.63, 3.8) is 0 Å². The molecule has 1 N–H and O–H groups in total. The fourth-order valence-corrected chi connectivity index (χ4v) is 3.58. The Hall–Kier alpha value is -2.98. The highest BCUT2D eigenvalue weighted by atomic mass is 35.5.